The molecule has 0 bridgehead atoms. The van der Waals surface area contributed by atoms with Gasteiger partial charge in [0.15, 0.2) is 0 Å². The molecule has 2 aliphatic rings. The predicted molar refractivity (Wildman–Crippen MR) is 103 cm³/mol. The fourth-order valence-electron chi connectivity index (χ4n) is 3.11. The summed E-state index contributed by atoms with van der Waals surface area (Å²) in [7, 11) is 0. The summed E-state index contributed by atoms with van der Waals surface area (Å²) in [6.07, 6.45) is 3.60. The van der Waals surface area contributed by atoms with Crippen molar-refractivity contribution in [3.8, 4) is 0 Å². The normalized spacial score (nSPS) is 23.6. The lowest BCUT2D eigenvalue weighted by Gasteiger charge is -2.39. The van der Waals surface area contributed by atoms with Crippen LogP contribution in [0.25, 0.3) is 6.08 Å². The van der Waals surface area contributed by atoms with Crippen molar-refractivity contribution in [3.63, 3.8) is 0 Å². The first-order chi connectivity index (χ1) is 12.4. The quantitative estimate of drug-likeness (QED) is 0.553. The number of nitrogens with zero attached hydrogens (tertiary/aromatic N) is 2. The molecule has 3 rings (SSSR count). The minimum absolute atomic E-state index is 0.306. The lowest BCUT2D eigenvalue weighted by atomic mass is 10.0. The van der Waals surface area contributed by atoms with Crippen LogP contribution >= 0.6 is 35.3 Å². The van der Waals surface area contributed by atoms with Crippen LogP contribution < -0.4 is 5.11 Å². The summed E-state index contributed by atoms with van der Waals surface area (Å²) in [5.74, 6) is -1.99. The second kappa shape index (κ2) is 7.89. The van der Waals surface area contributed by atoms with Crippen molar-refractivity contribution < 1.29 is 19.5 Å². The molecular formula is C17H17N2O4S3-. The number of thiophene rings is 1. The number of carboxylic acids is 1. The largest absolute Gasteiger partial charge is 0.548 e. The first-order valence-corrected chi connectivity index (χ1v) is 10.3. The van der Waals surface area contributed by atoms with E-state index in [1.165, 1.54) is 21.1 Å². The molecule has 0 N–H and O–H groups in total. The molecule has 2 amide bonds. The first kappa shape index (κ1) is 19.1. The number of amides is 2. The van der Waals surface area contributed by atoms with Gasteiger partial charge in [0.25, 0.3) is 5.91 Å². The summed E-state index contributed by atoms with van der Waals surface area (Å²) in [5, 5.41) is 13.3. The summed E-state index contributed by atoms with van der Waals surface area (Å²) in [6, 6.07) is 1.99. The average Bonchev–Trinajstić information content (AvgIpc) is 3.22. The number of hydrogen-bond donors (Lipinski definition) is 0. The Labute approximate surface area is 164 Å². The van der Waals surface area contributed by atoms with E-state index in [1.54, 1.807) is 13.0 Å². The second-order valence-corrected chi connectivity index (χ2v) is 8.76. The van der Waals surface area contributed by atoms with E-state index in [1.807, 2.05) is 17.5 Å². The zero-order chi connectivity index (χ0) is 18.8. The number of carbonyl (C=O) groups excluding carboxylic acids is 3. The molecule has 2 atom stereocenters. The molecular weight excluding hydrogens is 392 g/mol. The Balaban J connectivity index is 1.79. The number of hydrogen-bond acceptors (Lipinski definition) is 7. The van der Waals surface area contributed by atoms with E-state index in [4.69, 9.17) is 12.2 Å². The summed E-state index contributed by atoms with van der Waals surface area (Å²) in [4.78, 5) is 40.9. The fourth-order valence-corrected chi connectivity index (χ4v) is 5.25. The van der Waals surface area contributed by atoms with E-state index < -0.39 is 24.0 Å². The Hall–Kier alpha value is -1.71. The minimum atomic E-state index is -1.26. The van der Waals surface area contributed by atoms with Crippen LogP contribution in [0.3, 0.4) is 0 Å². The van der Waals surface area contributed by atoms with Gasteiger partial charge < -0.3 is 14.8 Å². The highest BCUT2D eigenvalue weighted by Crippen LogP contribution is 2.35. The van der Waals surface area contributed by atoms with Crippen molar-refractivity contribution in [1.29, 1.82) is 0 Å². The predicted octanol–water partition coefficient (Wildman–Crippen LogP) is 1.47. The Kier molecular flexibility index (Phi) is 5.79. The van der Waals surface area contributed by atoms with Gasteiger partial charge in [-0.3, -0.25) is 14.5 Å². The van der Waals surface area contributed by atoms with Crippen LogP contribution in [-0.2, 0) is 14.4 Å². The Morgan fingerprint density at radius 1 is 1.42 bits per heavy atom. The number of thioether (sulfide) groups is 1. The summed E-state index contributed by atoms with van der Waals surface area (Å²) in [5.41, 5.74) is 0. The number of likely N-dealkylation sites (tertiary alicyclic amines) is 1. The van der Waals surface area contributed by atoms with Gasteiger partial charge >= 0.3 is 0 Å². The maximum Gasteiger partial charge on any atom is 0.266 e. The van der Waals surface area contributed by atoms with Gasteiger partial charge in [-0.1, -0.05) is 30.0 Å². The molecule has 0 aromatic carbocycles. The van der Waals surface area contributed by atoms with E-state index in [9.17, 15) is 19.5 Å². The summed E-state index contributed by atoms with van der Waals surface area (Å²) in [6.45, 7) is 1.93. The summed E-state index contributed by atoms with van der Waals surface area (Å²) < 4.78 is 0.306. The van der Waals surface area contributed by atoms with Gasteiger partial charge in [-0.25, -0.2) is 0 Å². The molecule has 1 aromatic heterocycles. The van der Waals surface area contributed by atoms with E-state index >= 15 is 0 Å². The van der Waals surface area contributed by atoms with Crippen LogP contribution in [0.5, 0.6) is 0 Å². The lowest BCUT2D eigenvalue weighted by molar-refractivity contribution is -0.312. The highest BCUT2D eigenvalue weighted by atomic mass is 32.2. The second-order valence-electron chi connectivity index (χ2n) is 6.11. The Morgan fingerprint density at radius 2 is 2.19 bits per heavy atom. The highest BCUT2D eigenvalue weighted by Gasteiger charge is 2.41. The smallest absolute Gasteiger partial charge is 0.266 e. The number of carboxylic acid groups (broad SMARTS) is 1. The monoisotopic (exact) mass is 409 g/mol. The third-order valence-electron chi connectivity index (χ3n) is 4.44. The third-order valence-corrected chi connectivity index (χ3v) is 6.59. The maximum absolute atomic E-state index is 12.9. The molecule has 0 spiro atoms. The van der Waals surface area contributed by atoms with Crippen molar-refractivity contribution in [2.24, 2.45) is 0 Å². The van der Waals surface area contributed by atoms with Crippen LogP contribution in [0.2, 0.25) is 0 Å². The molecule has 9 heteroatoms. The van der Waals surface area contributed by atoms with Gasteiger partial charge in [0.2, 0.25) is 5.91 Å². The molecule has 0 saturated carbocycles. The average molecular weight is 410 g/mol. The topological polar surface area (TPSA) is 80.8 Å². The highest BCUT2D eigenvalue weighted by molar-refractivity contribution is 8.26. The van der Waals surface area contributed by atoms with Crippen LogP contribution in [0.4, 0.5) is 0 Å². The SMILES string of the molecule is C[C@H](C(=O)N1CCCC[C@@H]1C(=O)[O-])N1C(=O)/C(=C/c2cccs2)SC1=S. The number of rotatable bonds is 4. The van der Waals surface area contributed by atoms with E-state index in [2.05, 4.69) is 0 Å². The van der Waals surface area contributed by atoms with Crippen molar-refractivity contribution in [2.45, 2.75) is 38.3 Å². The summed E-state index contributed by atoms with van der Waals surface area (Å²) >= 11 is 7.96. The van der Waals surface area contributed by atoms with Gasteiger partial charge in [-0.15, -0.1) is 11.3 Å². The number of aliphatic carboxylic acids is 1. The van der Waals surface area contributed by atoms with E-state index in [-0.39, 0.29) is 5.91 Å². The number of piperidine rings is 1. The maximum atomic E-state index is 12.9. The third kappa shape index (κ3) is 3.70. The van der Waals surface area contributed by atoms with Crippen molar-refractivity contribution in [2.75, 3.05) is 6.54 Å². The van der Waals surface area contributed by atoms with E-state index in [0.717, 1.165) is 29.5 Å². The molecule has 0 radical (unpaired) electrons. The molecule has 1 aromatic rings. The Morgan fingerprint density at radius 3 is 2.85 bits per heavy atom. The van der Waals surface area contributed by atoms with Crippen LogP contribution in [0, 0.1) is 0 Å². The molecule has 0 aliphatic carbocycles. The number of thiocarbonyl (C=S) groups is 1. The minimum Gasteiger partial charge on any atom is -0.548 e. The van der Waals surface area contributed by atoms with Crippen LogP contribution in [0.1, 0.15) is 31.1 Å². The molecule has 26 heavy (non-hydrogen) atoms. The molecule has 2 aliphatic heterocycles. The molecule has 0 unspecified atom stereocenters. The fraction of sp³-hybridized carbons (Fsp3) is 0.412. The molecule has 6 nitrogen and oxygen atoms in total. The van der Waals surface area contributed by atoms with E-state index in [0.29, 0.717) is 22.2 Å². The standard InChI is InChI=1S/C17H18N2O4S3/c1-10(14(20)18-7-3-2-6-12(18)16(22)23)19-15(21)13(26-17(19)24)9-11-5-4-8-25-11/h4-5,8-10,12H,2-3,6-7H2,1H3,(H,22,23)/p-1/b13-9-/t10-,12-/m1/s1. The van der Waals surface area contributed by atoms with Crippen LogP contribution in [-0.4, -0.2) is 50.5 Å². The molecule has 138 valence electrons. The first-order valence-electron chi connectivity index (χ1n) is 8.22. The lowest BCUT2D eigenvalue weighted by Crippen LogP contribution is -2.57. The van der Waals surface area contributed by atoms with Crippen molar-refractivity contribution >= 4 is 63.5 Å². The zero-order valence-electron chi connectivity index (χ0n) is 14.0. The van der Waals surface area contributed by atoms with Gasteiger partial charge in [-0.05, 0) is 43.7 Å². The van der Waals surface area contributed by atoms with Crippen LogP contribution in [0.15, 0.2) is 22.4 Å². The molecule has 2 fully saturated rings. The zero-order valence-corrected chi connectivity index (χ0v) is 16.5. The number of carbonyl (C=O) groups is 3. The van der Waals surface area contributed by atoms with Gasteiger partial charge in [0, 0.05) is 11.4 Å². The molecule has 3 heterocycles. The van der Waals surface area contributed by atoms with Gasteiger partial charge in [0.1, 0.15) is 10.4 Å². The van der Waals surface area contributed by atoms with Crippen molar-refractivity contribution in [3.05, 3.63) is 27.3 Å². The van der Waals surface area contributed by atoms with Gasteiger partial charge in [0.05, 0.1) is 16.9 Å². The molecule has 2 saturated heterocycles. The van der Waals surface area contributed by atoms with Crippen molar-refractivity contribution in [1.82, 2.24) is 9.80 Å². The Bertz CT molecular complexity index is 775. The van der Waals surface area contributed by atoms with Gasteiger partial charge in [-0.2, -0.15) is 0 Å².